The number of nitrogens with zero attached hydrogens (tertiary/aromatic N) is 1. The van der Waals surface area contributed by atoms with Crippen LogP contribution in [0.4, 0.5) is 8.78 Å². The minimum absolute atomic E-state index is 0.124. The topological polar surface area (TPSA) is 49.7 Å². The molecule has 0 aliphatic heterocycles. The van der Waals surface area contributed by atoms with Crippen LogP contribution in [-0.4, -0.2) is 23.8 Å². The highest BCUT2D eigenvalue weighted by atomic mass is 19.1. The van der Waals surface area contributed by atoms with Gasteiger partial charge in [0, 0.05) is 18.7 Å². The fourth-order valence-electron chi connectivity index (χ4n) is 2.37. The fraction of sp³-hybridized carbons (Fsp3) is 0.158. The zero-order valence-corrected chi connectivity index (χ0v) is 13.4. The molecule has 1 aliphatic rings. The van der Waals surface area contributed by atoms with Crippen molar-refractivity contribution in [3.63, 3.8) is 0 Å². The van der Waals surface area contributed by atoms with Gasteiger partial charge in [0.1, 0.15) is 11.6 Å². The zero-order valence-electron chi connectivity index (χ0n) is 13.4. The standard InChI is InChI=1S/C19H17F2NO2/c1-12(13-9-14(20)11-15(21)10-13)8-18(22-2)16-6-4-3-5-7-17(16)19(23)24/h4-11H,3H2,1-2H3,(H,23,24)/b12-8+,22-18+. The normalized spacial score (nSPS) is 15.7. The molecule has 1 aromatic carbocycles. The molecule has 1 aromatic rings. The monoisotopic (exact) mass is 329 g/mol. The van der Waals surface area contributed by atoms with Crippen molar-refractivity contribution < 1.29 is 18.7 Å². The second-order valence-electron chi connectivity index (χ2n) is 5.27. The Kier molecular flexibility index (Phi) is 5.58. The van der Waals surface area contributed by atoms with Crippen LogP contribution in [0.15, 0.2) is 64.7 Å². The first kappa shape index (κ1) is 17.5. The summed E-state index contributed by atoms with van der Waals surface area (Å²) in [6.45, 7) is 1.69. The van der Waals surface area contributed by atoms with E-state index in [9.17, 15) is 18.7 Å². The predicted molar refractivity (Wildman–Crippen MR) is 90.9 cm³/mol. The lowest BCUT2D eigenvalue weighted by Gasteiger charge is -2.08. The molecule has 0 bridgehead atoms. The predicted octanol–water partition coefficient (Wildman–Crippen LogP) is 4.34. The smallest absolute Gasteiger partial charge is 0.336 e. The van der Waals surface area contributed by atoms with Crippen LogP contribution in [-0.2, 0) is 4.79 Å². The quantitative estimate of drug-likeness (QED) is 0.836. The van der Waals surface area contributed by atoms with Gasteiger partial charge in [-0.1, -0.05) is 24.3 Å². The van der Waals surface area contributed by atoms with Gasteiger partial charge in [-0.15, -0.1) is 0 Å². The lowest BCUT2D eigenvalue weighted by atomic mass is 9.98. The van der Waals surface area contributed by atoms with Crippen LogP contribution in [0.5, 0.6) is 0 Å². The van der Waals surface area contributed by atoms with E-state index < -0.39 is 17.6 Å². The maximum Gasteiger partial charge on any atom is 0.336 e. The minimum Gasteiger partial charge on any atom is -0.478 e. The lowest BCUT2D eigenvalue weighted by molar-refractivity contribution is -0.132. The first-order valence-corrected chi connectivity index (χ1v) is 7.35. The summed E-state index contributed by atoms with van der Waals surface area (Å²) in [7, 11) is 1.54. The van der Waals surface area contributed by atoms with E-state index in [4.69, 9.17) is 0 Å². The van der Waals surface area contributed by atoms with Crippen LogP contribution in [0.3, 0.4) is 0 Å². The van der Waals surface area contributed by atoms with Crippen LogP contribution in [0, 0.1) is 11.6 Å². The summed E-state index contributed by atoms with van der Waals surface area (Å²) >= 11 is 0. The van der Waals surface area contributed by atoms with E-state index in [2.05, 4.69) is 4.99 Å². The van der Waals surface area contributed by atoms with Gasteiger partial charge in [0.2, 0.25) is 0 Å². The van der Waals surface area contributed by atoms with E-state index in [-0.39, 0.29) is 5.57 Å². The maximum atomic E-state index is 13.4. The Morgan fingerprint density at radius 2 is 1.71 bits per heavy atom. The van der Waals surface area contributed by atoms with E-state index in [1.807, 2.05) is 6.08 Å². The number of rotatable bonds is 4. The number of carbonyl (C=O) groups is 1. The van der Waals surface area contributed by atoms with Crippen LogP contribution in [0.1, 0.15) is 18.9 Å². The van der Waals surface area contributed by atoms with E-state index >= 15 is 0 Å². The van der Waals surface area contributed by atoms with E-state index in [0.29, 0.717) is 28.8 Å². The number of carboxylic acids is 1. The Hall–Kier alpha value is -2.82. The van der Waals surface area contributed by atoms with Gasteiger partial charge in [0.05, 0.1) is 11.3 Å². The Balaban J connectivity index is 2.51. The van der Waals surface area contributed by atoms with E-state index in [1.54, 1.807) is 32.2 Å². The van der Waals surface area contributed by atoms with Gasteiger partial charge in [-0.25, -0.2) is 13.6 Å². The minimum atomic E-state index is -1.06. The summed E-state index contributed by atoms with van der Waals surface area (Å²) in [5, 5.41) is 9.38. The molecule has 24 heavy (non-hydrogen) atoms. The number of benzene rings is 1. The van der Waals surface area contributed by atoms with Gasteiger partial charge < -0.3 is 5.11 Å². The van der Waals surface area contributed by atoms with Crippen LogP contribution < -0.4 is 0 Å². The molecule has 0 heterocycles. The van der Waals surface area contributed by atoms with Gasteiger partial charge in [0.15, 0.2) is 0 Å². The van der Waals surface area contributed by atoms with Crippen molar-refractivity contribution in [1.82, 2.24) is 0 Å². The van der Waals surface area contributed by atoms with E-state index in [1.165, 1.54) is 18.2 Å². The van der Waals surface area contributed by atoms with Crippen molar-refractivity contribution in [2.75, 3.05) is 7.05 Å². The van der Waals surface area contributed by atoms with Crippen molar-refractivity contribution in [1.29, 1.82) is 0 Å². The second-order valence-corrected chi connectivity index (χ2v) is 5.27. The van der Waals surface area contributed by atoms with Gasteiger partial charge in [0.25, 0.3) is 0 Å². The first-order valence-electron chi connectivity index (χ1n) is 7.35. The molecule has 1 aliphatic carbocycles. The maximum absolute atomic E-state index is 13.4. The largest absolute Gasteiger partial charge is 0.478 e. The van der Waals surface area contributed by atoms with Gasteiger partial charge in [-0.05, 0) is 42.7 Å². The fourth-order valence-corrected chi connectivity index (χ4v) is 2.37. The highest BCUT2D eigenvalue weighted by Crippen LogP contribution is 2.21. The second kappa shape index (κ2) is 7.64. The highest BCUT2D eigenvalue weighted by molar-refractivity contribution is 6.17. The number of hydrogen-bond donors (Lipinski definition) is 1. The third kappa shape index (κ3) is 4.13. The molecule has 0 saturated heterocycles. The summed E-state index contributed by atoms with van der Waals surface area (Å²) in [5.41, 5.74) is 1.96. The molecule has 0 spiro atoms. The molecule has 1 N–H and O–H groups in total. The molecule has 0 fully saturated rings. The summed E-state index contributed by atoms with van der Waals surface area (Å²) in [5.74, 6) is -2.40. The van der Waals surface area contributed by atoms with Gasteiger partial charge in [-0.3, -0.25) is 4.99 Å². The van der Waals surface area contributed by atoms with Crippen LogP contribution in [0.25, 0.3) is 5.57 Å². The molecule has 2 rings (SSSR count). The number of carboxylic acid groups (broad SMARTS) is 1. The highest BCUT2D eigenvalue weighted by Gasteiger charge is 2.15. The van der Waals surface area contributed by atoms with Crippen LogP contribution in [0.2, 0.25) is 0 Å². The molecule has 0 amide bonds. The molecule has 5 heteroatoms. The van der Waals surface area contributed by atoms with Crippen LogP contribution >= 0.6 is 0 Å². The number of allylic oxidation sites excluding steroid dienone is 6. The Labute approximate surface area is 139 Å². The zero-order chi connectivity index (χ0) is 17.7. The molecule has 124 valence electrons. The number of aliphatic imine (C=N–C) groups is 1. The Bertz CT molecular complexity index is 794. The van der Waals surface area contributed by atoms with Gasteiger partial charge in [-0.2, -0.15) is 0 Å². The molecule has 0 atom stereocenters. The average Bonchev–Trinajstić information content (AvgIpc) is 2.77. The van der Waals surface area contributed by atoms with Gasteiger partial charge >= 0.3 is 5.97 Å². The SMILES string of the molecule is C/N=C(\C=C(/C)c1cc(F)cc(F)c1)C1=C(C(=O)O)C=CCC=C1. The summed E-state index contributed by atoms with van der Waals surface area (Å²) in [4.78, 5) is 15.6. The van der Waals surface area contributed by atoms with Crippen molar-refractivity contribution in [3.8, 4) is 0 Å². The molecular weight excluding hydrogens is 312 g/mol. The molecular formula is C19H17F2NO2. The number of aliphatic carboxylic acids is 1. The molecule has 0 aromatic heterocycles. The summed E-state index contributed by atoms with van der Waals surface area (Å²) in [6, 6.07) is 3.24. The molecule has 0 radical (unpaired) electrons. The van der Waals surface area contributed by atoms with Crippen molar-refractivity contribution in [3.05, 3.63) is 76.9 Å². The molecule has 0 saturated carbocycles. The third-order valence-corrected chi connectivity index (χ3v) is 3.55. The van der Waals surface area contributed by atoms with Crippen molar-refractivity contribution >= 4 is 17.3 Å². The Morgan fingerprint density at radius 1 is 1.12 bits per heavy atom. The Morgan fingerprint density at radius 3 is 2.25 bits per heavy atom. The molecule has 3 nitrogen and oxygen atoms in total. The average molecular weight is 329 g/mol. The summed E-state index contributed by atoms with van der Waals surface area (Å²) in [6.07, 6.45) is 9.05. The van der Waals surface area contributed by atoms with E-state index in [0.717, 1.165) is 6.07 Å². The number of halogens is 2. The molecule has 0 unspecified atom stereocenters. The first-order chi connectivity index (χ1) is 11.4. The lowest BCUT2D eigenvalue weighted by Crippen LogP contribution is -2.08. The number of hydrogen-bond acceptors (Lipinski definition) is 2. The van der Waals surface area contributed by atoms with Crippen molar-refractivity contribution in [2.45, 2.75) is 13.3 Å². The summed E-state index contributed by atoms with van der Waals surface area (Å²) < 4.78 is 26.8. The third-order valence-electron chi connectivity index (χ3n) is 3.55. The van der Waals surface area contributed by atoms with Crippen molar-refractivity contribution in [2.24, 2.45) is 4.99 Å².